The van der Waals surface area contributed by atoms with Crippen molar-refractivity contribution in [2.45, 2.75) is 0 Å². The van der Waals surface area contributed by atoms with Crippen LogP contribution in [0.4, 0.5) is 4.39 Å². The topological polar surface area (TPSA) is 55.2 Å². The second-order valence-electron chi connectivity index (χ2n) is 3.12. The first-order valence-corrected chi connectivity index (χ1v) is 4.55. The van der Waals surface area contributed by atoms with Gasteiger partial charge in [0.05, 0.1) is 7.11 Å². The molecule has 0 aliphatic carbocycles. The van der Waals surface area contributed by atoms with E-state index in [9.17, 15) is 4.39 Å². The van der Waals surface area contributed by atoms with Crippen molar-refractivity contribution in [2.24, 2.45) is 0 Å². The van der Waals surface area contributed by atoms with Gasteiger partial charge in [-0.15, -0.1) is 0 Å². The Labute approximate surface area is 91.4 Å². The van der Waals surface area contributed by atoms with Crippen molar-refractivity contribution in [2.75, 3.05) is 7.11 Å². The molecule has 1 aromatic carbocycles. The molecule has 0 aliphatic heterocycles. The number of methoxy groups -OCH3 is 1. The van der Waals surface area contributed by atoms with E-state index in [1.54, 1.807) is 6.07 Å². The summed E-state index contributed by atoms with van der Waals surface area (Å²) in [6, 6.07) is 4.35. The summed E-state index contributed by atoms with van der Waals surface area (Å²) in [5.41, 5.74) is 1.25. The van der Waals surface area contributed by atoms with E-state index in [0.29, 0.717) is 11.1 Å². The molecule has 1 N–H and O–H groups in total. The third kappa shape index (κ3) is 1.93. The van der Waals surface area contributed by atoms with E-state index in [1.165, 1.54) is 31.6 Å². The lowest BCUT2D eigenvalue weighted by Gasteiger charge is -2.03. The van der Waals surface area contributed by atoms with Gasteiger partial charge in [0.25, 0.3) is 0 Å². The molecule has 2 rings (SSSR count). The standard InChI is InChI=1S/C11H9FN2O2/c1-16-11-13-5-8(6-14-11)7-2-3-10(15)9(12)4-7/h2-6,15H,1H3. The lowest BCUT2D eigenvalue weighted by molar-refractivity contribution is 0.380. The van der Waals surface area contributed by atoms with E-state index in [2.05, 4.69) is 9.97 Å². The molecule has 4 nitrogen and oxygen atoms in total. The minimum absolute atomic E-state index is 0.253. The molecule has 1 heterocycles. The summed E-state index contributed by atoms with van der Waals surface area (Å²) in [5.74, 6) is -1.05. The number of hydrogen-bond donors (Lipinski definition) is 1. The van der Waals surface area contributed by atoms with E-state index < -0.39 is 5.82 Å². The van der Waals surface area contributed by atoms with Crippen LogP contribution in [0.2, 0.25) is 0 Å². The second-order valence-corrected chi connectivity index (χ2v) is 3.12. The van der Waals surface area contributed by atoms with Crippen LogP contribution in [0, 0.1) is 5.82 Å². The van der Waals surface area contributed by atoms with Crippen molar-refractivity contribution in [3.8, 4) is 22.9 Å². The maximum Gasteiger partial charge on any atom is 0.316 e. The van der Waals surface area contributed by atoms with Gasteiger partial charge in [-0.05, 0) is 17.7 Å². The van der Waals surface area contributed by atoms with Gasteiger partial charge < -0.3 is 9.84 Å². The fourth-order valence-corrected chi connectivity index (χ4v) is 1.26. The molecule has 0 amide bonds. The molecule has 0 bridgehead atoms. The summed E-state index contributed by atoms with van der Waals surface area (Å²) in [7, 11) is 1.47. The van der Waals surface area contributed by atoms with E-state index in [4.69, 9.17) is 9.84 Å². The molecule has 5 heteroatoms. The van der Waals surface area contributed by atoms with Gasteiger partial charge in [0.1, 0.15) is 0 Å². The Morgan fingerprint density at radius 1 is 1.19 bits per heavy atom. The van der Waals surface area contributed by atoms with Crippen LogP contribution in [0.3, 0.4) is 0 Å². The number of phenolic OH excluding ortho intramolecular Hbond substituents is 1. The van der Waals surface area contributed by atoms with Crippen LogP contribution in [-0.4, -0.2) is 22.2 Å². The highest BCUT2D eigenvalue weighted by Crippen LogP contribution is 2.24. The number of rotatable bonds is 2. The number of aromatic hydroxyl groups is 1. The molecule has 0 saturated heterocycles. The second kappa shape index (κ2) is 4.14. The lowest BCUT2D eigenvalue weighted by atomic mass is 10.1. The molecule has 0 fully saturated rings. The average Bonchev–Trinajstić information content (AvgIpc) is 2.33. The predicted octanol–water partition coefficient (Wildman–Crippen LogP) is 2.00. The molecule has 0 radical (unpaired) electrons. The van der Waals surface area contributed by atoms with E-state index in [0.717, 1.165) is 0 Å². The van der Waals surface area contributed by atoms with Gasteiger partial charge in [0, 0.05) is 18.0 Å². The Kier molecular flexibility index (Phi) is 2.68. The van der Waals surface area contributed by atoms with Gasteiger partial charge in [-0.1, -0.05) is 6.07 Å². The highest BCUT2D eigenvalue weighted by Gasteiger charge is 2.04. The number of halogens is 1. The highest BCUT2D eigenvalue weighted by molar-refractivity contribution is 5.62. The highest BCUT2D eigenvalue weighted by atomic mass is 19.1. The average molecular weight is 220 g/mol. The quantitative estimate of drug-likeness (QED) is 0.840. The molecule has 0 aliphatic rings. The number of hydrogen-bond acceptors (Lipinski definition) is 4. The van der Waals surface area contributed by atoms with Crippen LogP contribution in [0.5, 0.6) is 11.8 Å². The number of nitrogens with zero attached hydrogens (tertiary/aromatic N) is 2. The normalized spacial score (nSPS) is 10.1. The molecular weight excluding hydrogens is 211 g/mol. The Balaban J connectivity index is 2.38. The number of phenols is 1. The van der Waals surface area contributed by atoms with Crippen LogP contribution in [0.25, 0.3) is 11.1 Å². The van der Waals surface area contributed by atoms with E-state index in [-0.39, 0.29) is 11.8 Å². The maximum absolute atomic E-state index is 13.1. The number of ether oxygens (including phenoxy) is 1. The fraction of sp³-hybridized carbons (Fsp3) is 0.0909. The third-order valence-electron chi connectivity index (χ3n) is 2.09. The van der Waals surface area contributed by atoms with Crippen molar-refractivity contribution < 1.29 is 14.2 Å². The summed E-state index contributed by atoms with van der Waals surface area (Å²) in [5, 5.41) is 9.05. The lowest BCUT2D eigenvalue weighted by Crippen LogP contribution is -1.91. The molecule has 1 aromatic heterocycles. The van der Waals surface area contributed by atoms with Crippen molar-refractivity contribution in [3.05, 3.63) is 36.4 Å². The van der Waals surface area contributed by atoms with E-state index >= 15 is 0 Å². The molecule has 0 spiro atoms. The van der Waals surface area contributed by atoms with Gasteiger partial charge in [0.2, 0.25) is 0 Å². The Morgan fingerprint density at radius 2 is 1.88 bits per heavy atom. The van der Waals surface area contributed by atoms with Gasteiger partial charge >= 0.3 is 6.01 Å². The van der Waals surface area contributed by atoms with Crippen molar-refractivity contribution in [3.63, 3.8) is 0 Å². The van der Waals surface area contributed by atoms with Crippen LogP contribution in [0.15, 0.2) is 30.6 Å². The Hall–Kier alpha value is -2.17. The zero-order valence-electron chi connectivity index (χ0n) is 8.51. The molecule has 0 saturated carbocycles. The van der Waals surface area contributed by atoms with E-state index in [1.807, 2.05) is 0 Å². The SMILES string of the molecule is COc1ncc(-c2ccc(O)c(F)c2)cn1. The van der Waals surface area contributed by atoms with Crippen molar-refractivity contribution >= 4 is 0 Å². The van der Waals surface area contributed by atoms with Crippen LogP contribution >= 0.6 is 0 Å². The van der Waals surface area contributed by atoms with Gasteiger partial charge in [-0.2, -0.15) is 0 Å². The Morgan fingerprint density at radius 3 is 2.44 bits per heavy atom. The maximum atomic E-state index is 13.1. The molecule has 2 aromatic rings. The number of aromatic nitrogens is 2. The van der Waals surface area contributed by atoms with Crippen molar-refractivity contribution in [1.82, 2.24) is 9.97 Å². The largest absolute Gasteiger partial charge is 0.505 e. The zero-order valence-corrected chi connectivity index (χ0v) is 8.51. The molecule has 16 heavy (non-hydrogen) atoms. The first kappa shape index (κ1) is 10.4. The summed E-state index contributed by atoms with van der Waals surface area (Å²) >= 11 is 0. The molecule has 0 unspecified atom stereocenters. The van der Waals surface area contributed by atoms with Gasteiger partial charge in [-0.3, -0.25) is 0 Å². The molecule has 0 atom stereocenters. The summed E-state index contributed by atoms with van der Waals surface area (Å²) in [6.07, 6.45) is 3.05. The monoisotopic (exact) mass is 220 g/mol. The summed E-state index contributed by atoms with van der Waals surface area (Å²) in [4.78, 5) is 7.81. The minimum atomic E-state index is -0.673. The fourth-order valence-electron chi connectivity index (χ4n) is 1.26. The molecule has 82 valence electrons. The van der Waals surface area contributed by atoms with Crippen LogP contribution < -0.4 is 4.74 Å². The third-order valence-corrected chi connectivity index (χ3v) is 2.09. The van der Waals surface area contributed by atoms with Crippen LogP contribution in [0.1, 0.15) is 0 Å². The smallest absolute Gasteiger partial charge is 0.316 e. The van der Waals surface area contributed by atoms with Gasteiger partial charge in [0.15, 0.2) is 11.6 Å². The Bertz CT molecular complexity index is 500. The van der Waals surface area contributed by atoms with Crippen LogP contribution in [-0.2, 0) is 0 Å². The summed E-state index contributed by atoms with van der Waals surface area (Å²) < 4.78 is 17.9. The summed E-state index contributed by atoms with van der Waals surface area (Å²) in [6.45, 7) is 0. The zero-order chi connectivity index (χ0) is 11.5. The first-order valence-electron chi connectivity index (χ1n) is 4.55. The predicted molar refractivity (Wildman–Crippen MR) is 55.6 cm³/mol. The minimum Gasteiger partial charge on any atom is -0.505 e. The molecular formula is C11H9FN2O2. The number of benzene rings is 1. The van der Waals surface area contributed by atoms with Crippen molar-refractivity contribution in [1.29, 1.82) is 0 Å². The van der Waals surface area contributed by atoms with Gasteiger partial charge in [-0.25, -0.2) is 14.4 Å². The first-order chi connectivity index (χ1) is 7.70.